The normalized spacial score (nSPS) is 11.0. The Labute approximate surface area is 121 Å². The number of nitrogens with zero attached hydrogens (tertiary/aromatic N) is 2. The van der Waals surface area contributed by atoms with Gasteiger partial charge in [-0.25, -0.2) is 9.78 Å². The first-order valence-corrected chi connectivity index (χ1v) is 6.62. The first-order chi connectivity index (χ1) is 10.0. The van der Waals surface area contributed by atoms with Crippen LogP contribution in [0.3, 0.4) is 0 Å². The molecule has 5 nitrogen and oxygen atoms in total. The fourth-order valence-corrected chi connectivity index (χ4v) is 2.49. The second-order valence-electron chi connectivity index (χ2n) is 5.05. The van der Waals surface area contributed by atoms with Gasteiger partial charge in [0, 0.05) is 30.6 Å². The van der Waals surface area contributed by atoms with E-state index in [1.807, 2.05) is 36.9 Å². The van der Waals surface area contributed by atoms with Gasteiger partial charge in [0.25, 0.3) is 0 Å². The number of benzene rings is 1. The number of aromatic nitrogens is 2. The molecule has 5 heteroatoms. The maximum Gasteiger partial charge on any atom is 0.339 e. The lowest BCUT2D eigenvalue weighted by molar-refractivity contribution is 0.418. The highest BCUT2D eigenvalue weighted by Crippen LogP contribution is 2.33. The fraction of sp³-hybridized carbons (Fsp3) is 0.250. The molecule has 3 aromatic rings. The molecule has 0 radical (unpaired) electrons. The van der Waals surface area contributed by atoms with Gasteiger partial charge in [-0.2, -0.15) is 0 Å². The van der Waals surface area contributed by atoms with Crippen molar-refractivity contribution in [3.05, 3.63) is 46.1 Å². The fourth-order valence-electron chi connectivity index (χ4n) is 2.49. The Bertz CT molecular complexity index is 890. The van der Waals surface area contributed by atoms with Crippen molar-refractivity contribution in [3.63, 3.8) is 0 Å². The summed E-state index contributed by atoms with van der Waals surface area (Å²) in [5.41, 5.74) is 2.52. The molecule has 0 aliphatic heterocycles. The predicted molar refractivity (Wildman–Crippen MR) is 80.7 cm³/mol. The van der Waals surface area contributed by atoms with E-state index in [9.17, 15) is 4.79 Å². The molecular weight excluding hydrogens is 268 g/mol. The molecule has 1 aromatic carbocycles. The monoisotopic (exact) mass is 284 g/mol. The Morgan fingerprint density at radius 2 is 2.00 bits per heavy atom. The summed E-state index contributed by atoms with van der Waals surface area (Å²) in [6, 6.07) is 3.74. The Kier molecular flexibility index (Phi) is 3.05. The smallest absolute Gasteiger partial charge is 0.339 e. The Morgan fingerprint density at radius 1 is 1.24 bits per heavy atom. The van der Waals surface area contributed by atoms with Crippen LogP contribution in [0.1, 0.15) is 11.1 Å². The minimum Gasteiger partial charge on any atom is -0.496 e. The largest absolute Gasteiger partial charge is 0.496 e. The Balaban J connectivity index is 2.40. The highest BCUT2D eigenvalue weighted by Gasteiger charge is 2.15. The number of imidazole rings is 1. The molecule has 3 rings (SSSR count). The van der Waals surface area contributed by atoms with Crippen molar-refractivity contribution in [2.45, 2.75) is 13.8 Å². The van der Waals surface area contributed by atoms with Gasteiger partial charge in [0.05, 0.1) is 12.5 Å². The lowest BCUT2D eigenvalue weighted by atomic mass is 10.0. The van der Waals surface area contributed by atoms with Crippen LogP contribution < -0.4 is 10.4 Å². The predicted octanol–water partition coefficient (Wildman–Crippen LogP) is 2.82. The molecule has 0 bridgehead atoms. The highest BCUT2D eigenvalue weighted by molar-refractivity contribution is 5.91. The number of hydrogen-bond acceptors (Lipinski definition) is 4. The van der Waals surface area contributed by atoms with Crippen molar-refractivity contribution >= 4 is 11.0 Å². The third-order valence-corrected chi connectivity index (χ3v) is 3.81. The second kappa shape index (κ2) is 4.77. The van der Waals surface area contributed by atoms with Crippen LogP contribution >= 0.6 is 0 Å². The van der Waals surface area contributed by atoms with Gasteiger partial charge in [-0.05, 0) is 31.5 Å². The highest BCUT2D eigenvalue weighted by atomic mass is 16.5. The van der Waals surface area contributed by atoms with Crippen LogP contribution in [0.25, 0.3) is 22.4 Å². The molecule has 0 unspecified atom stereocenters. The topological polar surface area (TPSA) is 57.3 Å². The molecule has 0 amide bonds. The van der Waals surface area contributed by atoms with Gasteiger partial charge in [-0.15, -0.1) is 0 Å². The van der Waals surface area contributed by atoms with Gasteiger partial charge in [0.1, 0.15) is 17.2 Å². The van der Waals surface area contributed by atoms with E-state index in [0.717, 1.165) is 22.3 Å². The molecule has 2 heterocycles. The number of fused-ring (bicyclic) bond motifs is 1. The van der Waals surface area contributed by atoms with E-state index < -0.39 is 0 Å². The zero-order chi connectivity index (χ0) is 15.1. The van der Waals surface area contributed by atoms with Gasteiger partial charge in [-0.3, -0.25) is 0 Å². The van der Waals surface area contributed by atoms with E-state index in [4.69, 9.17) is 9.15 Å². The average molecular weight is 284 g/mol. The summed E-state index contributed by atoms with van der Waals surface area (Å²) in [6.07, 6.45) is 3.59. The molecule has 108 valence electrons. The van der Waals surface area contributed by atoms with Crippen molar-refractivity contribution < 1.29 is 9.15 Å². The Hall–Kier alpha value is -2.56. The maximum atomic E-state index is 11.9. The van der Waals surface area contributed by atoms with Crippen LogP contribution in [-0.4, -0.2) is 16.7 Å². The third kappa shape index (κ3) is 2.01. The zero-order valence-corrected chi connectivity index (χ0v) is 12.4. The van der Waals surface area contributed by atoms with Crippen LogP contribution in [0.4, 0.5) is 0 Å². The summed E-state index contributed by atoms with van der Waals surface area (Å²) in [4.78, 5) is 16.2. The van der Waals surface area contributed by atoms with E-state index in [1.54, 1.807) is 20.2 Å². The van der Waals surface area contributed by atoms with Crippen molar-refractivity contribution in [2.75, 3.05) is 7.11 Å². The van der Waals surface area contributed by atoms with Crippen molar-refractivity contribution in [3.8, 4) is 17.1 Å². The quantitative estimate of drug-likeness (QED) is 0.679. The van der Waals surface area contributed by atoms with Crippen LogP contribution in [0.2, 0.25) is 0 Å². The van der Waals surface area contributed by atoms with Crippen LogP contribution in [-0.2, 0) is 7.05 Å². The van der Waals surface area contributed by atoms with Gasteiger partial charge >= 0.3 is 5.63 Å². The molecule has 0 atom stereocenters. The summed E-state index contributed by atoms with van der Waals surface area (Å²) in [5.74, 6) is 1.46. The number of aryl methyl sites for hydroxylation is 2. The second-order valence-corrected chi connectivity index (χ2v) is 5.05. The Morgan fingerprint density at radius 3 is 2.62 bits per heavy atom. The van der Waals surface area contributed by atoms with Crippen molar-refractivity contribution in [2.24, 2.45) is 7.05 Å². The van der Waals surface area contributed by atoms with E-state index in [-0.39, 0.29) is 5.63 Å². The number of methoxy groups -OCH3 is 1. The summed E-state index contributed by atoms with van der Waals surface area (Å²) in [7, 11) is 3.52. The lowest BCUT2D eigenvalue weighted by Crippen LogP contribution is -2.06. The molecule has 2 aromatic heterocycles. The zero-order valence-electron chi connectivity index (χ0n) is 12.4. The molecule has 0 fully saturated rings. The maximum absolute atomic E-state index is 11.9. The number of hydrogen-bond donors (Lipinski definition) is 0. The van der Waals surface area contributed by atoms with Gasteiger partial charge in [0.2, 0.25) is 0 Å². The van der Waals surface area contributed by atoms with Crippen molar-refractivity contribution in [1.29, 1.82) is 0 Å². The minimum absolute atomic E-state index is 0.320. The lowest BCUT2D eigenvalue weighted by Gasteiger charge is -2.11. The number of ether oxygens (including phenoxy) is 1. The van der Waals surface area contributed by atoms with Crippen LogP contribution in [0, 0.1) is 13.8 Å². The first-order valence-electron chi connectivity index (χ1n) is 6.62. The van der Waals surface area contributed by atoms with E-state index in [2.05, 4.69) is 4.98 Å². The first kappa shape index (κ1) is 13.4. The van der Waals surface area contributed by atoms with E-state index in [1.165, 1.54) is 0 Å². The summed E-state index contributed by atoms with van der Waals surface area (Å²) in [6.45, 7) is 3.66. The third-order valence-electron chi connectivity index (χ3n) is 3.81. The van der Waals surface area contributed by atoms with E-state index in [0.29, 0.717) is 16.9 Å². The SMILES string of the molecule is COc1cc(-c2nccn2C)cc2oc(=O)c(C)c(C)c12. The van der Waals surface area contributed by atoms with Gasteiger partial charge in [-0.1, -0.05) is 0 Å². The molecule has 0 aliphatic rings. The molecule has 0 saturated carbocycles. The van der Waals surface area contributed by atoms with Gasteiger partial charge in [0.15, 0.2) is 0 Å². The molecule has 0 saturated heterocycles. The van der Waals surface area contributed by atoms with Crippen LogP contribution in [0.15, 0.2) is 33.7 Å². The summed E-state index contributed by atoms with van der Waals surface area (Å²) < 4.78 is 12.8. The van der Waals surface area contributed by atoms with Gasteiger partial charge < -0.3 is 13.7 Å². The molecule has 0 spiro atoms. The standard InChI is InChI=1S/C16H16N2O3/c1-9-10(2)16(19)21-13-8-11(7-12(20-4)14(9)13)15-17-5-6-18(15)3/h5-8H,1-4H3. The summed E-state index contributed by atoms with van der Waals surface area (Å²) in [5, 5.41) is 0.826. The minimum atomic E-state index is -0.320. The van der Waals surface area contributed by atoms with Crippen LogP contribution in [0.5, 0.6) is 5.75 Å². The average Bonchev–Trinajstić information content (AvgIpc) is 2.89. The van der Waals surface area contributed by atoms with Crippen molar-refractivity contribution in [1.82, 2.24) is 9.55 Å². The molecule has 0 aliphatic carbocycles. The van der Waals surface area contributed by atoms with E-state index >= 15 is 0 Å². The molecular formula is C16H16N2O3. The number of rotatable bonds is 2. The summed E-state index contributed by atoms with van der Waals surface area (Å²) >= 11 is 0. The molecule has 21 heavy (non-hydrogen) atoms. The molecule has 0 N–H and O–H groups in total.